The maximum atomic E-state index is 12.2. The number of rotatable bonds is 6. The molecule has 4 nitrogen and oxygen atoms in total. The first-order valence-corrected chi connectivity index (χ1v) is 8.41. The topological polar surface area (TPSA) is 50.4 Å². The van der Waals surface area contributed by atoms with Crippen molar-refractivity contribution < 1.29 is 9.53 Å². The summed E-state index contributed by atoms with van der Waals surface area (Å²) in [4.78, 5) is 12.2. The Morgan fingerprint density at radius 2 is 2.13 bits per heavy atom. The molecule has 0 saturated carbocycles. The van der Waals surface area contributed by atoms with Crippen LogP contribution in [0.2, 0.25) is 0 Å². The summed E-state index contributed by atoms with van der Waals surface area (Å²) >= 11 is 0. The summed E-state index contributed by atoms with van der Waals surface area (Å²) in [5.74, 6) is 1.16. The van der Waals surface area contributed by atoms with Gasteiger partial charge in [0.2, 0.25) is 0 Å². The maximum absolute atomic E-state index is 12.2. The summed E-state index contributed by atoms with van der Waals surface area (Å²) in [6.45, 7) is 10.7. The van der Waals surface area contributed by atoms with Crippen LogP contribution in [0.1, 0.15) is 44.2 Å². The standard InChI is InChI=1S/C19H28N2O2/c1-13(2)18-6-5-17(11-14(18)3)23-15(4)19(22)21-12-16-7-9-20-10-8-16/h5-7,11,13,15,20H,8-10,12H2,1-4H3,(H,21,22). The fraction of sp³-hybridized carbons (Fsp3) is 0.526. The molecule has 0 aliphatic carbocycles. The van der Waals surface area contributed by atoms with Gasteiger partial charge in [0.1, 0.15) is 5.75 Å². The third-order valence-corrected chi connectivity index (χ3v) is 4.19. The van der Waals surface area contributed by atoms with Gasteiger partial charge in [-0.1, -0.05) is 31.6 Å². The van der Waals surface area contributed by atoms with E-state index in [1.165, 1.54) is 16.7 Å². The number of carbonyl (C=O) groups is 1. The molecule has 0 bridgehead atoms. The van der Waals surface area contributed by atoms with Gasteiger partial charge in [-0.25, -0.2) is 0 Å². The van der Waals surface area contributed by atoms with Crippen molar-refractivity contribution in [3.05, 3.63) is 41.0 Å². The maximum Gasteiger partial charge on any atom is 0.261 e. The minimum atomic E-state index is -0.499. The number of nitrogens with one attached hydrogen (secondary N) is 2. The van der Waals surface area contributed by atoms with Crippen molar-refractivity contribution in [2.75, 3.05) is 19.6 Å². The van der Waals surface area contributed by atoms with E-state index in [-0.39, 0.29) is 5.91 Å². The molecule has 4 heteroatoms. The quantitative estimate of drug-likeness (QED) is 0.793. The predicted octanol–water partition coefficient (Wildman–Crippen LogP) is 2.92. The zero-order valence-corrected chi connectivity index (χ0v) is 14.6. The van der Waals surface area contributed by atoms with Gasteiger partial charge in [-0.15, -0.1) is 0 Å². The Bertz CT molecular complexity index is 579. The summed E-state index contributed by atoms with van der Waals surface area (Å²) in [5.41, 5.74) is 3.79. The Kier molecular flexibility index (Phi) is 6.22. The molecule has 0 spiro atoms. The van der Waals surface area contributed by atoms with Crippen LogP contribution in [0.5, 0.6) is 5.75 Å². The lowest BCUT2D eigenvalue weighted by atomic mass is 9.98. The SMILES string of the molecule is Cc1cc(OC(C)C(=O)NCC2=CCNCC2)ccc1C(C)C. The summed E-state index contributed by atoms with van der Waals surface area (Å²) in [6, 6.07) is 6.04. The zero-order chi connectivity index (χ0) is 16.8. The average molecular weight is 316 g/mol. The van der Waals surface area contributed by atoms with Crippen molar-refractivity contribution >= 4 is 5.91 Å². The van der Waals surface area contributed by atoms with E-state index in [1.54, 1.807) is 6.92 Å². The van der Waals surface area contributed by atoms with Gasteiger partial charge in [-0.2, -0.15) is 0 Å². The van der Waals surface area contributed by atoms with Crippen molar-refractivity contribution in [2.24, 2.45) is 0 Å². The average Bonchev–Trinajstić information content (AvgIpc) is 2.53. The second-order valence-electron chi connectivity index (χ2n) is 6.47. The van der Waals surface area contributed by atoms with Gasteiger partial charge in [0.15, 0.2) is 6.10 Å². The van der Waals surface area contributed by atoms with Gasteiger partial charge in [-0.05, 0) is 56.0 Å². The predicted molar refractivity (Wildman–Crippen MR) is 93.9 cm³/mol. The molecule has 0 aromatic heterocycles. The van der Waals surface area contributed by atoms with E-state index in [2.05, 4.69) is 43.5 Å². The lowest BCUT2D eigenvalue weighted by molar-refractivity contribution is -0.127. The molecule has 1 unspecified atom stereocenters. The zero-order valence-electron chi connectivity index (χ0n) is 14.6. The van der Waals surface area contributed by atoms with Crippen molar-refractivity contribution in [3.8, 4) is 5.75 Å². The van der Waals surface area contributed by atoms with Crippen LogP contribution < -0.4 is 15.4 Å². The molecule has 1 aromatic carbocycles. The highest BCUT2D eigenvalue weighted by Crippen LogP contribution is 2.24. The van der Waals surface area contributed by atoms with Gasteiger partial charge in [0, 0.05) is 13.1 Å². The van der Waals surface area contributed by atoms with Crippen molar-refractivity contribution in [1.29, 1.82) is 0 Å². The fourth-order valence-corrected chi connectivity index (χ4v) is 2.80. The van der Waals surface area contributed by atoms with Gasteiger partial charge < -0.3 is 15.4 Å². The molecule has 2 N–H and O–H groups in total. The van der Waals surface area contributed by atoms with E-state index in [0.717, 1.165) is 25.3 Å². The molecular weight excluding hydrogens is 288 g/mol. The fourth-order valence-electron chi connectivity index (χ4n) is 2.80. The lowest BCUT2D eigenvalue weighted by Crippen LogP contribution is -2.38. The molecular formula is C19H28N2O2. The summed E-state index contributed by atoms with van der Waals surface area (Å²) in [7, 11) is 0. The molecule has 1 heterocycles. The molecule has 0 fully saturated rings. The first-order valence-electron chi connectivity index (χ1n) is 8.41. The summed E-state index contributed by atoms with van der Waals surface area (Å²) in [5, 5.41) is 6.22. The second kappa shape index (κ2) is 8.16. The monoisotopic (exact) mass is 316 g/mol. The van der Waals surface area contributed by atoms with Crippen LogP contribution in [0.4, 0.5) is 0 Å². The van der Waals surface area contributed by atoms with Crippen molar-refractivity contribution in [1.82, 2.24) is 10.6 Å². The molecule has 1 aliphatic rings. The summed E-state index contributed by atoms with van der Waals surface area (Å²) in [6.07, 6.45) is 2.64. The number of amides is 1. The Morgan fingerprint density at radius 1 is 1.35 bits per heavy atom. The van der Waals surface area contributed by atoms with Gasteiger partial charge >= 0.3 is 0 Å². The van der Waals surface area contributed by atoms with Gasteiger partial charge in [0.05, 0.1) is 0 Å². The molecule has 2 rings (SSSR count). The largest absolute Gasteiger partial charge is 0.481 e. The van der Waals surface area contributed by atoms with Gasteiger partial charge in [0.25, 0.3) is 5.91 Å². The van der Waals surface area contributed by atoms with Gasteiger partial charge in [-0.3, -0.25) is 4.79 Å². The number of hydrogen-bond acceptors (Lipinski definition) is 3. The number of hydrogen-bond donors (Lipinski definition) is 2. The summed E-state index contributed by atoms with van der Waals surface area (Å²) < 4.78 is 5.79. The van der Waals surface area contributed by atoms with Crippen LogP contribution >= 0.6 is 0 Å². The van der Waals surface area contributed by atoms with Crippen LogP contribution in [0.25, 0.3) is 0 Å². The Morgan fingerprint density at radius 3 is 2.74 bits per heavy atom. The first kappa shape index (κ1) is 17.5. The molecule has 1 amide bonds. The Balaban J connectivity index is 1.87. The van der Waals surface area contributed by atoms with Crippen LogP contribution in [-0.4, -0.2) is 31.6 Å². The van der Waals surface area contributed by atoms with E-state index >= 15 is 0 Å². The third kappa shape index (κ3) is 5.10. The number of ether oxygens (including phenoxy) is 1. The van der Waals surface area contributed by atoms with E-state index < -0.39 is 6.10 Å². The van der Waals surface area contributed by atoms with Crippen LogP contribution in [0.15, 0.2) is 29.8 Å². The van der Waals surface area contributed by atoms with Crippen LogP contribution in [-0.2, 0) is 4.79 Å². The highest BCUT2D eigenvalue weighted by atomic mass is 16.5. The molecule has 1 aromatic rings. The van der Waals surface area contributed by atoms with Crippen molar-refractivity contribution in [3.63, 3.8) is 0 Å². The second-order valence-corrected chi connectivity index (χ2v) is 6.47. The molecule has 126 valence electrons. The molecule has 0 radical (unpaired) electrons. The van der Waals surface area contributed by atoms with Crippen molar-refractivity contribution in [2.45, 2.75) is 46.1 Å². The highest BCUT2D eigenvalue weighted by Gasteiger charge is 2.16. The van der Waals surface area contributed by atoms with E-state index in [1.807, 2.05) is 12.1 Å². The van der Waals surface area contributed by atoms with E-state index in [9.17, 15) is 4.79 Å². The molecule has 0 saturated heterocycles. The molecule has 1 aliphatic heterocycles. The third-order valence-electron chi connectivity index (χ3n) is 4.19. The molecule has 23 heavy (non-hydrogen) atoms. The Labute approximate surface area is 139 Å². The van der Waals surface area contributed by atoms with Crippen LogP contribution in [0.3, 0.4) is 0 Å². The lowest BCUT2D eigenvalue weighted by Gasteiger charge is -2.18. The normalized spacial score (nSPS) is 16.0. The van der Waals surface area contributed by atoms with Crippen LogP contribution in [0, 0.1) is 6.92 Å². The van der Waals surface area contributed by atoms with E-state index in [4.69, 9.17) is 4.74 Å². The number of carbonyl (C=O) groups excluding carboxylic acids is 1. The number of benzene rings is 1. The highest BCUT2D eigenvalue weighted by molar-refractivity contribution is 5.80. The first-order chi connectivity index (χ1) is 11.0. The Hall–Kier alpha value is -1.81. The van der Waals surface area contributed by atoms with E-state index in [0.29, 0.717) is 12.5 Å². The number of aryl methyl sites for hydroxylation is 1. The smallest absolute Gasteiger partial charge is 0.261 e. The minimum absolute atomic E-state index is 0.0741. The minimum Gasteiger partial charge on any atom is -0.481 e. The molecule has 1 atom stereocenters.